The highest BCUT2D eigenvalue weighted by Crippen LogP contribution is 2.20. The van der Waals surface area contributed by atoms with Crippen LogP contribution in [0.2, 0.25) is 0 Å². The van der Waals surface area contributed by atoms with Crippen molar-refractivity contribution in [1.29, 1.82) is 0 Å². The van der Waals surface area contributed by atoms with Gasteiger partial charge in [-0.2, -0.15) is 0 Å². The standard InChI is InChI=1S/C9H17NO.C9H13NO.C8H15NO2/c2*1-9(2,3)10-7-5-4-6-8(10)11;1-8(2,3)9-4-5-11-6-7(9)10/h4-7H2,1-3H3;4-7H,1-3H3;4-6H2,1-3H3. The summed E-state index contributed by atoms with van der Waals surface area (Å²) in [7, 11) is 0. The molecule has 0 N–H and O–H groups in total. The Balaban J connectivity index is 0.000000247. The van der Waals surface area contributed by atoms with Crippen molar-refractivity contribution in [2.75, 3.05) is 26.3 Å². The van der Waals surface area contributed by atoms with Crippen LogP contribution in [0.4, 0.5) is 0 Å². The van der Waals surface area contributed by atoms with Gasteiger partial charge in [-0.05, 0) is 81.2 Å². The molecule has 0 bridgehead atoms. The third-order valence-corrected chi connectivity index (χ3v) is 5.47. The molecule has 2 amide bonds. The van der Waals surface area contributed by atoms with E-state index >= 15 is 0 Å². The maximum atomic E-state index is 11.4. The zero-order chi connectivity index (χ0) is 25.4. The first-order valence-corrected chi connectivity index (χ1v) is 11.9. The van der Waals surface area contributed by atoms with Crippen LogP contribution in [0.25, 0.3) is 0 Å². The van der Waals surface area contributed by atoms with Gasteiger partial charge in [0.25, 0.3) is 5.56 Å². The Morgan fingerprint density at radius 1 is 0.727 bits per heavy atom. The second kappa shape index (κ2) is 11.8. The minimum atomic E-state index is -0.113. The molecule has 3 rings (SSSR count). The maximum absolute atomic E-state index is 11.4. The van der Waals surface area contributed by atoms with Crippen LogP contribution in [0.5, 0.6) is 0 Å². The van der Waals surface area contributed by atoms with Crippen molar-refractivity contribution in [3.8, 4) is 0 Å². The normalized spacial score (nSPS) is 17.6. The van der Waals surface area contributed by atoms with Gasteiger partial charge in [-0.15, -0.1) is 0 Å². The van der Waals surface area contributed by atoms with Gasteiger partial charge in [-0.3, -0.25) is 14.4 Å². The van der Waals surface area contributed by atoms with Crippen LogP contribution < -0.4 is 5.56 Å². The summed E-state index contributed by atoms with van der Waals surface area (Å²) in [6.45, 7) is 21.0. The number of carbonyl (C=O) groups is 2. The van der Waals surface area contributed by atoms with Gasteiger partial charge in [0.05, 0.1) is 6.61 Å². The predicted molar refractivity (Wildman–Crippen MR) is 133 cm³/mol. The van der Waals surface area contributed by atoms with E-state index in [4.69, 9.17) is 4.74 Å². The Morgan fingerprint density at radius 3 is 1.67 bits per heavy atom. The SMILES string of the molecule is CC(C)(C)N1CCCCC1=O.CC(C)(C)N1CCOCC1=O.CC(C)(C)n1ccccc1=O. The Morgan fingerprint density at radius 2 is 1.30 bits per heavy atom. The summed E-state index contributed by atoms with van der Waals surface area (Å²) in [6, 6.07) is 5.20. The van der Waals surface area contributed by atoms with Crippen molar-refractivity contribution in [2.24, 2.45) is 0 Å². The lowest BCUT2D eigenvalue weighted by Crippen LogP contribution is -2.51. The number of ether oxygens (including phenoxy) is 1. The Kier molecular flexibility index (Phi) is 10.3. The molecule has 188 valence electrons. The average molecular weight is 464 g/mol. The molecule has 1 aromatic rings. The van der Waals surface area contributed by atoms with Crippen molar-refractivity contribution in [3.05, 3.63) is 34.7 Å². The molecule has 7 heteroatoms. The molecule has 0 aromatic carbocycles. The van der Waals surface area contributed by atoms with Crippen molar-refractivity contribution in [2.45, 2.75) is 98.2 Å². The molecule has 0 unspecified atom stereocenters. The van der Waals surface area contributed by atoms with Crippen LogP contribution in [0.3, 0.4) is 0 Å². The van der Waals surface area contributed by atoms with Gasteiger partial charge < -0.3 is 19.1 Å². The summed E-state index contributed by atoms with van der Waals surface area (Å²) in [5, 5.41) is 0. The second-order valence-electron chi connectivity index (χ2n) is 11.5. The summed E-state index contributed by atoms with van der Waals surface area (Å²) in [4.78, 5) is 37.7. The van der Waals surface area contributed by atoms with Crippen LogP contribution in [0, 0.1) is 0 Å². The van der Waals surface area contributed by atoms with Crippen molar-refractivity contribution >= 4 is 11.8 Å². The van der Waals surface area contributed by atoms with Crippen LogP contribution in [-0.4, -0.2) is 63.6 Å². The Bertz CT molecular complexity index is 787. The average Bonchev–Trinajstić information content (AvgIpc) is 2.67. The van der Waals surface area contributed by atoms with E-state index in [1.54, 1.807) is 16.7 Å². The zero-order valence-electron chi connectivity index (χ0n) is 22.2. The number of nitrogens with zero attached hydrogens (tertiary/aromatic N) is 3. The molecule has 2 aliphatic heterocycles. The van der Waals surface area contributed by atoms with Gasteiger partial charge in [0.2, 0.25) is 11.8 Å². The third-order valence-electron chi connectivity index (χ3n) is 5.47. The number of likely N-dealkylation sites (tertiary alicyclic amines) is 1. The molecule has 7 nitrogen and oxygen atoms in total. The number of hydrogen-bond donors (Lipinski definition) is 0. The summed E-state index contributed by atoms with van der Waals surface area (Å²) in [5.41, 5.74) is -0.0866. The predicted octanol–water partition coefficient (Wildman–Crippen LogP) is 4.04. The number of piperidine rings is 1. The monoisotopic (exact) mass is 463 g/mol. The number of amides is 2. The van der Waals surface area contributed by atoms with Gasteiger partial charge >= 0.3 is 0 Å². The minimum absolute atomic E-state index is 0.0253. The summed E-state index contributed by atoms with van der Waals surface area (Å²) in [5.74, 6) is 0.424. The number of pyridine rings is 1. The molecule has 3 heterocycles. The lowest BCUT2D eigenvalue weighted by atomic mass is 10.0. The summed E-state index contributed by atoms with van der Waals surface area (Å²) < 4.78 is 6.73. The van der Waals surface area contributed by atoms with E-state index in [1.807, 2.05) is 63.6 Å². The lowest BCUT2D eigenvalue weighted by molar-refractivity contribution is -0.148. The van der Waals surface area contributed by atoms with Gasteiger partial charge in [-0.25, -0.2) is 0 Å². The van der Waals surface area contributed by atoms with Crippen molar-refractivity contribution < 1.29 is 14.3 Å². The molecule has 0 spiro atoms. The largest absolute Gasteiger partial charge is 0.370 e. The molecule has 2 saturated heterocycles. The van der Waals surface area contributed by atoms with Crippen molar-refractivity contribution in [3.63, 3.8) is 0 Å². The second-order valence-corrected chi connectivity index (χ2v) is 11.5. The first kappa shape index (κ1) is 28.9. The molecule has 0 saturated carbocycles. The van der Waals surface area contributed by atoms with Crippen LogP contribution >= 0.6 is 0 Å². The Labute approximate surface area is 200 Å². The van der Waals surface area contributed by atoms with E-state index < -0.39 is 0 Å². The number of morpholine rings is 1. The van der Waals surface area contributed by atoms with E-state index in [0.29, 0.717) is 12.5 Å². The van der Waals surface area contributed by atoms with Crippen LogP contribution in [-0.2, 0) is 19.9 Å². The minimum Gasteiger partial charge on any atom is -0.370 e. The molecule has 0 atom stereocenters. The number of carbonyl (C=O) groups excluding carboxylic acids is 2. The number of aromatic nitrogens is 1. The molecular formula is C26H45N3O4. The highest BCUT2D eigenvalue weighted by molar-refractivity contribution is 5.78. The van der Waals surface area contributed by atoms with E-state index in [0.717, 1.165) is 25.9 Å². The fraction of sp³-hybridized carbons (Fsp3) is 0.731. The number of rotatable bonds is 0. The molecule has 2 fully saturated rings. The van der Waals surface area contributed by atoms with Gasteiger partial charge in [0.1, 0.15) is 6.61 Å². The summed E-state index contributed by atoms with van der Waals surface area (Å²) in [6.07, 6.45) is 4.80. The highest BCUT2D eigenvalue weighted by Gasteiger charge is 2.29. The molecule has 1 aromatic heterocycles. The smallest absolute Gasteiger partial charge is 0.250 e. The Hall–Kier alpha value is -2.15. The molecule has 2 aliphatic rings. The van der Waals surface area contributed by atoms with E-state index in [-0.39, 0.29) is 34.7 Å². The fourth-order valence-corrected chi connectivity index (χ4v) is 3.72. The molecule has 33 heavy (non-hydrogen) atoms. The van der Waals surface area contributed by atoms with E-state index in [1.165, 1.54) is 6.42 Å². The summed E-state index contributed by atoms with van der Waals surface area (Å²) >= 11 is 0. The van der Waals surface area contributed by atoms with Crippen molar-refractivity contribution in [1.82, 2.24) is 14.4 Å². The number of hydrogen-bond acceptors (Lipinski definition) is 4. The van der Waals surface area contributed by atoms with E-state index in [9.17, 15) is 14.4 Å². The first-order chi connectivity index (χ1) is 15.0. The van der Waals surface area contributed by atoms with Gasteiger partial charge in [-0.1, -0.05) is 6.07 Å². The fourth-order valence-electron chi connectivity index (χ4n) is 3.72. The van der Waals surface area contributed by atoms with Gasteiger partial charge in [0.15, 0.2) is 0 Å². The molecule has 0 radical (unpaired) electrons. The highest BCUT2D eigenvalue weighted by atomic mass is 16.5. The topological polar surface area (TPSA) is 71.8 Å². The van der Waals surface area contributed by atoms with Crippen LogP contribution in [0.1, 0.15) is 81.6 Å². The lowest BCUT2D eigenvalue weighted by Gasteiger charge is -2.38. The maximum Gasteiger partial charge on any atom is 0.250 e. The third kappa shape index (κ3) is 9.70. The quantitative estimate of drug-likeness (QED) is 0.582. The van der Waals surface area contributed by atoms with Gasteiger partial charge in [0, 0.05) is 48.4 Å². The van der Waals surface area contributed by atoms with Crippen LogP contribution in [0.15, 0.2) is 29.2 Å². The zero-order valence-corrected chi connectivity index (χ0v) is 22.2. The molecular weight excluding hydrogens is 418 g/mol. The van der Waals surface area contributed by atoms with E-state index in [2.05, 4.69) is 20.8 Å². The first-order valence-electron chi connectivity index (χ1n) is 11.9. The molecule has 0 aliphatic carbocycles.